The zero-order valence-corrected chi connectivity index (χ0v) is 10.0. The molecule has 0 aliphatic heterocycles. The number of nitrogens with one attached hydrogen (secondary N) is 1. The van der Waals surface area contributed by atoms with E-state index in [1.165, 1.54) is 0 Å². The number of nitrogen functional groups attached to an aromatic ring is 1. The molecule has 5 heteroatoms. The van der Waals surface area contributed by atoms with Crippen molar-refractivity contribution in [2.45, 2.75) is 0 Å². The number of aromatic nitrogens is 1. The van der Waals surface area contributed by atoms with Crippen LogP contribution in [0.3, 0.4) is 0 Å². The third kappa shape index (κ3) is 2.79. The van der Waals surface area contributed by atoms with Gasteiger partial charge in [0, 0.05) is 5.02 Å². The second kappa shape index (κ2) is 4.93. The Bertz CT molecular complexity index is 514. The molecule has 2 rings (SSSR count). The molecule has 17 heavy (non-hydrogen) atoms. The summed E-state index contributed by atoms with van der Waals surface area (Å²) in [5.74, 6) is 1.19. The lowest BCUT2D eigenvalue weighted by Gasteiger charge is -2.11. The summed E-state index contributed by atoms with van der Waals surface area (Å²) in [4.78, 5) is 3.99. The van der Waals surface area contributed by atoms with E-state index in [2.05, 4.69) is 10.3 Å². The van der Waals surface area contributed by atoms with Gasteiger partial charge in [-0.1, -0.05) is 11.6 Å². The summed E-state index contributed by atoms with van der Waals surface area (Å²) in [6.07, 6.45) is 1.65. The maximum atomic E-state index is 5.93. The molecule has 0 saturated carbocycles. The summed E-state index contributed by atoms with van der Waals surface area (Å²) in [6, 6.07) is 8.92. The molecule has 0 aliphatic carbocycles. The number of halogens is 1. The van der Waals surface area contributed by atoms with Gasteiger partial charge in [-0.25, -0.2) is 4.98 Å². The van der Waals surface area contributed by atoms with Gasteiger partial charge in [-0.2, -0.15) is 0 Å². The van der Waals surface area contributed by atoms with Crippen LogP contribution >= 0.6 is 11.6 Å². The van der Waals surface area contributed by atoms with Crippen molar-refractivity contribution in [3.63, 3.8) is 0 Å². The molecule has 0 atom stereocenters. The van der Waals surface area contributed by atoms with Gasteiger partial charge < -0.3 is 15.8 Å². The minimum Gasteiger partial charge on any atom is -0.495 e. The quantitative estimate of drug-likeness (QED) is 0.878. The Hall–Kier alpha value is -1.94. The Balaban J connectivity index is 2.28. The lowest BCUT2D eigenvalue weighted by Crippen LogP contribution is -1.96. The Kier molecular flexibility index (Phi) is 3.35. The predicted molar refractivity (Wildman–Crippen MR) is 69.9 cm³/mol. The molecule has 0 saturated heterocycles. The summed E-state index contributed by atoms with van der Waals surface area (Å²) >= 11 is 5.93. The van der Waals surface area contributed by atoms with Gasteiger partial charge in [0.15, 0.2) is 0 Å². The van der Waals surface area contributed by atoms with Crippen molar-refractivity contribution >= 4 is 28.8 Å². The van der Waals surface area contributed by atoms with Crippen molar-refractivity contribution in [3.05, 3.63) is 41.6 Å². The second-order valence-corrected chi connectivity index (χ2v) is 3.88. The molecule has 3 N–H and O–H groups in total. The van der Waals surface area contributed by atoms with E-state index in [0.717, 1.165) is 11.4 Å². The number of rotatable bonds is 3. The largest absolute Gasteiger partial charge is 0.495 e. The number of hydrogen-bond acceptors (Lipinski definition) is 4. The van der Waals surface area contributed by atoms with Crippen molar-refractivity contribution in [2.24, 2.45) is 0 Å². The van der Waals surface area contributed by atoms with Gasteiger partial charge in [0.2, 0.25) is 0 Å². The number of pyridine rings is 1. The highest BCUT2D eigenvalue weighted by Crippen LogP contribution is 2.30. The van der Waals surface area contributed by atoms with Gasteiger partial charge in [-0.15, -0.1) is 0 Å². The number of benzene rings is 1. The van der Waals surface area contributed by atoms with E-state index in [0.29, 0.717) is 16.6 Å². The SMILES string of the molecule is COc1ccc(Cl)cc1Nc1ccc(N)nc1. The van der Waals surface area contributed by atoms with E-state index in [9.17, 15) is 0 Å². The fourth-order valence-electron chi connectivity index (χ4n) is 1.41. The van der Waals surface area contributed by atoms with Gasteiger partial charge in [-0.3, -0.25) is 0 Å². The smallest absolute Gasteiger partial charge is 0.142 e. The first-order valence-electron chi connectivity index (χ1n) is 5.01. The van der Waals surface area contributed by atoms with Crippen LogP contribution in [0.1, 0.15) is 0 Å². The number of hydrogen-bond donors (Lipinski definition) is 2. The minimum atomic E-state index is 0.480. The first-order chi connectivity index (χ1) is 8.19. The fourth-order valence-corrected chi connectivity index (χ4v) is 1.58. The standard InChI is InChI=1S/C12H12ClN3O/c1-17-11-4-2-8(13)6-10(11)16-9-3-5-12(14)15-7-9/h2-7,16H,1H3,(H2,14,15). The average Bonchev–Trinajstić information content (AvgIpc) is 2.32. The van der Waals surface area contributed by atoms with Crippen LogP contribution in [0.2, 0.25) is 5.02 Å². The molecule has 0 fully saturated rings. The average molecular weight is 250 g/mol. The van der Waals surface area contributed by atoms with E-state index in [-0.39, 0.29) is 0 Å². The molecular formula is C12H12ClN3O. The van der Waals surface area contributed by atoms with Crippen molar-refractivity contribution < 1.29 is 4.74 Å². The van der Waals surface area contributed by atoms with E-state index >= 15 is 0 Å². The van der Waals surface area contributed by atoms with Crippen LogP contribution in [-0.4, -0.2) is 12.1 Å². The van der Waals surface area contributed by atoms with Crippen LogP contribution < -0.4 is 15.8 Å². The van der Waals surface area contributed by atoms with Gasteiger partial charge in [0.1, 0.15) is 11.6 Å². The summed E-state index contributed by atoms with van der Waals surface area (Å²) < 4.78 is 5.23. The Labute approximate surface area is 104 Å². The molecule has 0 aliphatic rings. The molecule has 0 amide bonds. The summed E-state index contributed by atoms with van der Waals surface area (Å²) in [7, 11) is 1.61. The highest BCUT2D eigenvalue weighted by atomic mass is 35.5. The molecule has 0 bridgehead atoms. The molecule has 4 nitrogen and oxygen atoms in total. The number of nitrogens with two attached hydrogens (primary N) is 1. The lowest BCUT2D eigenvalue weighted by molar-refractivity contribution is 0.417. The molecule has 0 unspecified atom stereocenters. The highest BCUT2D eigenvalue weighted by molar-refractivity contribution is 6.31. The number of methoxy groups -OCH3 is 1. The molecule has 1 heterocycles. The van der Waals surface area contributed by atoms with Gasteiger partial charge in [-0.05, 0) is 30.3 Å². The van der Waals surface area contributed by atoms with Crippen LogP contribution in [0.4, 0.5) is 17.2 Å². The lowest BCUT2D eigenvalue weighted by atomic mass is 10.2. The number of ether oxygens (including phenoxy) is 1. The second-order valence-electron chi connectivity index (χ2n) is 3.44. The Morgan fingerprint density at radius 1 is 1.29 bits per heavy atom. The Morgan fingerprint density at radius 3 is 2.76 bits per heavy atom. The van der Waals surface area contributed by atoms with E-state index in [4.69, 9.17) is 22.1 Å². The van der Waals surface area contributed by atoms with Crippen LogP contribution in [0.25, 0.3) is 0 Å². The molecule has 1 aromatic heterocycles. The first-order valence-corrected chi connectivity index (χ1v) is 5.39. The number of nitrogens with zero attached hydrogens (tertiary/aromatic N) is 1. The third-order valence-electron chi connectivity index (χ3n) is 2.23. The van der Waals surface area contributed by atoms with Crippen LogP contribution in [0.5, 0.6) is 5.75 Å². The Morgan fingerprint density at radius 2 is 2.12 bits per heavy atom. The van der Waals surface area contributed by atoms with Crippen LogP contribution in [-0.2, 0) is 0 Å². The van der Waals surface area contributed by atoms with Crippen LogP contribution in [0, 0.1) is 0 Å². The van der Waals surface area contributed by atoms with E-state index in [1.807, 2.05) is 6.07 Å². The highest BCUT2D eigenvalue weighted by Gasteiger charge is 2.04. The minimum absolute atomic E-state index is 0.480. The molecule has 88 valence electrons. The fraction of sp³-hybridized carbons (Fsp3) is 0.0833. The van der Waals surface area contributed by atoms with Gasteiger partial charge >= 0.3 is 0 Å². The molecule has 0 spiro atoms. The third-order valence-corrected chi connectivity index (χ3v) is 2.46. The van der Waals surface area contributed by atoms with Crippen molar-refractivity contribution in [2.75, 3.05) is 18.2 Å². The predicted octanol–water partition coefficient (Wildman–Crippen LogP) is 3.07. The zero-order chi connectivity index (χ0) is 12.3. The zero-order valence-electron chi connectivity index (χ0n) is 9.27. The van der Waals surface area contributed by atoms with Crippen molar-refractivity contribution in [1.29, 1.82) is 0 Å². The first kappa shape index (κ1) is 11.5. The summed E-state index contributed by atoms with van der Waals surface area (Å²) in [5, 5.41) is 3.80. The van der Waals surface area contributed by atoms with Crippen molar-refractivity contribution in [1.82, 2.24) is 4.98 Å². The maximum absolute atomic E-state index is 5.93. The summed E-state index contributed by atoms with van der Waals surface area (Å²) in [5.41, 5.74) is 7.12. The molecule has 2 aromatic rings. The summed E-state index contributed by atoms with van der Waals surface area (Å²) in [6.45, 7) is 0. The maximum Gasteiger partial charge on any atom is 0.142 e. The monoisotopic (exact) mass is 249 g/mol. The van der Waals surface area contributed by atoms with E-state index < -0.39 is 0 Å². The normalized spacial score (nSPS) is 10.0. The molecular weight excluding hydrogens is 238 g/mol. The van der Waals surface area contributed by atoms with Crippen LogP contribution in [0.15, 0.2) is 36.5 Å². The van der Waals surface area contributed by atoms with Gasteiger partial charge in [0.05, 0.1) is 24.7 Å². The number of anilines is 3. The van der Waals surface area contributed by atoms with Gasteiger partial charge in [0.25, 0.3) is 0 Å². The van der Waals surface area contributed by atoms with E-state index in [1.54, 1.807) is 37.6 Å². The molecule has 1 aromatic carbocycles. The van der Waals surface area contributed by atoms with Crippen molar-refractivity contribution in [3.8, 4) is 5.75 Å². The topological polar surface area (TPSA) is 60.2 Å². The molecule has 0 radical (unpaired) electrons.